The third-order valence-electron chi connectivity index (χ3n) is 2.45. The van der Waals surface area contributed by atoms with E-state index in [9.17, 15) is 5.21 Å². The van der Waals surface area contributed by atoms with E-state index in [-0.39, 0.29) is 1.43 Å². The van der Waals surface area contributed by atoms with E-state index in [1.807, 2.05) is 48.5 Å². The molecule has 0 unspecified atom stereocenters. The number of para-hydroxylation sites is 2. The standard InChI is InChI=1S/C12H9N3O/c16-15-12-9-5-4-8-11(12)13-14(15)10-6-2-1-3-7-10/h1-9H/p+1. The molecule has 1 heterocycles. The van der Waals surface area contributed by atoms with E-state index in [2.05, 4.69) is 5.10 Å². The molecule has 0 radical (unpaired) electrons. The molecule has 0 saturated heterocycles. The molecule has 0 atom stereocenters. The summed E-state index contributed by atoms with van der Waals surface area (Å²) in [6.07, 6.45) is 0. The molecule has 0 bridgehead atoms. The Morgan fingerprint density at radius 3 is 2.44 bits per heavy atom. The molecule has 0 aliphatic rings. The Labute approximate surface area is 93.4 Å². The van der Waals surface area contributed by atoms with Gasteiger partial charge < -0.3 is 5.21 Å². The van der Waals surface area contributed by atoms with Gasteiger partial charge in [0, 0.05) is 0 Å². The Morgan fingerprint density at radius 1 is 1.00 bits per heavy atom. The molecule has 2 aromatic carbocycles. The minimum Gasteiger partial charge on any atom is -0.692 e. The van der Waals surface area contributed by atoms with Crippen LogP contribution in [0.3, 0.4) is 0 Å². The van der Waals surface area contributed by atoms with Crippen molar-refractivity contribution in [2.45, 2.75) is 0 Å². The summed E-state index contributed by atoms with van der Waals surface area (Å²) in [6, 6.07) is 16.6. The second-order valence-electron chi connectivity index (χ2n) is 3.49. The van der Waals surface area contributed by atoms with Gasteiger partial charge >= 0.3 is 1.43 Å². The summed E-state index contributed by atoms with van der Waals surface area (Å²) in [5, 5.41) is 16.2. The lowest BCUT2D eigenvalue weighted by molar-refractivity contribution is -0.664. The average Bonchev–Trinajstić information content (AvgIpc) is 2.69. The van der Waals surface area contributed by atoms with Crippen LogP contribution in [0.15, 0.2) is 54.6 Å². The van der Waals surface area contributed by atoms with Gasteiger partial charge in [-0.3, -0.25) is 0 Å². The van der Waals surface area contributed by atoms with Crippen molar-refractivity contribution in [1.29, 1.82) is 0 Å². The van der Waals surface area contributed by atoms with Crippen molar-refractivity contribution < 1.29 is 6.27 Å². The predicted molar refractivity (Wildman–Crippen MR) is 61.1 cm³/mol. The molecular formula is C12H10N3O+. The first-order valence-corrected chi connectivity index (χ1v) is 4.99. The smallest absolute Gasteiger partial charge is 0.692 e. The van der Waals surface area contributed by atoms with Crippen LogP contribution in [0.2, 0.25) is 0 Å². The fourth-order valence-corrected chi connectivity index (χ4v) is 1.68. The van der Waals surface area contributed by atoms with Gasteiger partial charge in [0.15, 0.2) is 0 Å². The Bertz CT molecular complexity index is 637. The fraction of sp³-hybridized carbons (Fsp3) is 0. The van der Waals surface area contributed by atoms with Crippen LogP contribution in [0.5, 0.6) is 0 Å². The van der Waals surface area contributed by atoms with Crippen LogP contribution >= 0.6 is 0 Å². The number of hydrogen-bond acceptors (Lipinski definition) is 2. The summed E-state index contributed by atoms with van der Waals surface area (Å²) in [5.74, 6) is 0. The van der Waals surface area contributed by atoms with E-state index in [1.165, 1.54) is 4.80 Å². The molecule has 3 aromatic rings. The lowest BCUT2D eigenvalue weighted by Crippen LogP contribution is -2.37. The van der Waals surface area contributed by atoms with Crippen LogP contribution in [-0.2, 0) is 0 Å². The molecule has 1 aromatic heterocycles. The SMILES string of the molecule is [H+].[O-][n+]1c2ccccc2nn1-c1ccccc1. The first kappa shape index (κ1) is 8.91. The lowest BCUT2D eigenvalue weighted by Gasteiger charge is -2.02. The molecular weight excluding hydrogens is 202 g/mol. The highest BCUT2D eigenvalue weighted by molar-refractivity contribution is 5.70. The molecule has 78 valence electrons. The summed E-state index contributed by atoms with van der Waals surface area (Å²) in [7, 11) is 0. The van der Waals surface area contributed by atoms with Crippen LogP contribution < -0.4 is 4.85 Å². The molecule has 4 heteroatoms. The van der Waals surface area contributed by atoms with Crippen molar-refractivity contribution in [2.24, 2.45) is 0 Å². The van der Waals surface area contributed by atoms with Gasteiger partial charge in [0.2, 0.25) is 11.0 Å². The van der Waals surface area contributed by atoms with E-state index in [0.717, 1.165) is 10.5 Å². The Morgan fingerprint density at radius 2 is 1.69 bits per heavy atom. The maximum Gasteiger partial charge on any atom is 1.00 e. The molecule has 0 aliphatic carbocycles. The zero-order valence-electron chi connectivity index (χ0n) is 9.45. The largest absolute Gasteiger partial charge is 1.00 e. The monoisotopic (exact) mass is 212 g/mol. The quantitative estimate of drug-likeness (QED) is 0.456. The highest BCUT2D eigenvalue weighted by Gasteiger charge is 2.14. The number of benzene rings is 2. The van der Waals surface area contributed by atoms with E-state index >= 15 is 0 Å². The molecule has 16 heavy (non-hydrogen) atoms. The Hall–Kier alpha value is -2.36. The maximum absolute atomic E-state index is 11.9. The van der Waals surface area contributed by atoms with Gasteiger partial charge in [-0.2, -0.15) is 0 Å². The van der Waals surface area contributed by atoms with Gasteiger partial charge in [-0.25, -0.2) is 0 Å². The summed E-state index contributed by atoms with van der Waals surface area (Å²) in [4.78, 5) is 2.15. The summed E-state index contributed by atoms with van der Waals surface area (Å²) < 4.78 is 0. The van der Waals surface area contributed by atoms with Crippen LogP contribution in [0, 0.1) is 5.21 Å². The summed E-state index contributed by atoms with van der Waals surface area (Å²) in [6.45, 7) is 0. The van der Waals surface area contributed by atoms with Gasteiger partial charge in [0.25, 0.3) is 0 Å². The third-order valence-corrected chi connectivity index (χ3v) is 2.45. The third kappa shape index (κ3) is 1.24. The summed E-state index contributed by atoms with van der Waals surface area (Å²) in [5.41, 5.74) is 2.03. The van der Waals surface area contributed by atoms with Gasteiger partial charge in [0.1, 0.15) is 5.69 Å². The number of aromatic nitrogens is 3. The molecule has 0 fully saturated rings. The molecule has 3 rings (SSSR count). The van der Waals surface area contributed by atoms with E-state index in [4.69, 9.17) is 0 Å². The van der Waals surface area contributed by atoms with Crippen molar-refractivity contribution >= 4 is 11.0 Å². The van der Waals surface area contributed by atoms with Gasteiger partial charge in [-0.05, 0) is 29.1 Å². The molecule has 0 N–H and O–H groups in total. The number of fused-ring (bicyclic) bond motifs is 1. The van der Waals surface area contributed by atoms with Crippen molar-refractivity contribution in [3.8, 4) is 5.69 Å². The number of rotatable bonds is 1. The van der Waals surface area contributed by atoms with Gasteiger partial charge in [0.05, 0.1) is 5.10 Å². The first-order valence-electron chi connectivity index (χ1n) is 4.99. The number of hydrogen-bond donors (Lipinski definition) is 0. The lowest BCUT2D eigenvalue weighted by atomic mass is 10.3. The molecule has 0 spiro atoms. The Kier molecular flexibility index (Phi) is 1.86. The predicted octanol–water partition coefficient (Wildman–Crippen LogP) is 1.77. The van der Waals surface area contributed by atoms with Gasteiger partial charge in [-0.15, -0.1) is 4.85 Å². The highest BCUT2D eigenvalue weighted by Crippen LogP contribution is 2.09. The second kappa shape index (κ2) is 3.34. The van der Waals surface area contributed by atoms with Crippen LogP contribution in [0.25, 0.3) is 16.7 Å². The fourth-order valence-electron chi connectivity index (χ4n) is 1.68. The maximum atomic E-state index is 11.9. The van der Waals surface area contributed by atoms with Crippen molar-refractivity contribution in [3.63, 3.8) is 0 Å². The van der Waals surface area contributed by atoms with Crippen molar-refractivity contribution in [1.82, 2.24) is 9.90 Å². The zero-order chi connectivity index (χ0) is 11.0. The topological polar surface area (TPSA) is 44.8 Å². The highest BCUT2D eigenvalue weighted by atomic mass is 16.5. The number of nitrogens with zero attached hydrogens (tertiary/aromatic N) is 3. The average molecular weight is 212 g/mol. The first-order chi connectivity index (χ1) is 7.86. The van der Waals surface area contributed by atoms with E-state index in [1.54, 1.807) is 6.07 Å². The molecule has 0 aliphatic heterocycles. The van der Waals surface area contributed by atoms with E-state index < -0.39 is 0 Å². The summed E-state index contributed by atoms with van der Waals surface area (Å²) >= 11 is 0. The Balaban J connectivity index is 0.00000108. The van der Waals surface area contributed by atoms with Crippen molar-refractivity contribution in [2.75, 3.05) is 0 Å². The molecule has 0 amide bonds. The zero-order valence-corrected chi connectivity index (χ0v) is 8.45. The minimum atomic E-state index is 0. The van der Waals surface area contributed by atoms with Crippen molar-refractivity contribution in [3.05, 3.63) is 59.8 Å². The minimum absolute atomic E-state index is 0. The van der Waals surface area contributed by atoms with Crippen LogP contribution in [0.1, 0.15) is 1.43 Å². The normalized spacial score (nSPS) is 10.8. The van der Waals surface area contributed by atoms with Crippen LogP contribution in [0.4, 0.5) is 0 Å². The molecule has 4 nitrogen and oxygen atoms in total. The second-order valence-corrected chi connectivity index (χ2v) is 3.49. The van der Waals surface area contributed by atoms with E-state index in [0.29, 0.717) is 11.0 Å². The van der Waals surface area contributed by atoms with Gasteiger partial charge in [-0.1, -0.05) is 30.3 Å². The molecule has 0 saturated carbocycles. The van der Waals surface area contributed by atoms with Crippen LogP contribution in [-0.4, -0.2) is 9.90 Å².